The first kappa shape index (κ1) is 26.0. The van der Waals surface area contributed by atoms with Crippen LogP contribution in [0.2, 0.25) is 5.02 Å². The molecule has 7 nitrogen and oxygen atoms in total. The average Bonchev–Trinajstić information content (AvgIpc) is 3.08. The topological polar surface area (TPSA) is 86.8 Å². The summed E-state index contributed by atoms with van der Waals surface area (Å²) in [6.45, 7) is 4.62. The van der Waals surface area contributed by atoms with Gasteiger partial charge in [-0.15, -0.1) is 0 Å². The van der Waals surface area contributed by atoms with Crippen molar-refractivity contribution in [1.29, 1.82) is 0 Å². The zero-order chi connectivity index (χ0) is 25.9. The maximum Gasteiger partial charge on any atom is 0.265 e. The van der Waals surface area contributed by atoms with E-state index in [0.717, 1.165) is 16.3 Å². The molecule has 0 aromatic heterocycles. The molecule has 1 atom stereocenters. The number of halogens is 1. The summed E-state index contributed by atoms with van der Waals surface area (Å²) in [4.78, 5) is 28.1. The van der Waals surface area contributed by atoms with Gasteiger partial charge in [-0.25, -0.2) is 8.42 Å². The highest BCUT2D eigenvalue weighted by Gasteiger charge is 2.35. The van der Waals surface area contributed by atoms with Crippen LogP contribution in [0.25, 0.3) is 10.8 Å². The van der Waals surface area contributed by atoms with Crippen molar-refractivity contribution in [2.75, 3.05) is 17.4 Å². The van der Waals surface area contributed by atoms with Crippen molar-refractivity contribution in [3.63, 3.8) is 0 Å². The molecule has 0 bridgehead atoms. The van der Waals surface area contributed by atoms with Gasteiger partial charge in [-0.3, -0.25) is 13.9 Å². The van der Waals surface area contributed by atoms with Crippen molar-refractivity contribution < 1.29 is 18.0 Å². The number of hydrogen-bond acceptors (Lipinski definition) is 4. The zero-order valence-corrected chi connectivity index (χ0v) is 22.0. The van der Waals surface area contributed by atoms with Crippen LogP contribution in [0.1, 0.15) is 38.7 Å². The molecule has 1 unspecified atom stereocenters. The average molecular weight is 528 g/mol. The van der Waals surface area contributed by atoms with Crippen molar-refractivity contribution in [3.8, 4) is 0 Å². The van der Waals surface area contributed by atoms with E-state index in [0.29, 0.717) is 35.0 Å². The summed E-state index contributed by atoms with van der Waals surface area (Å²) in [6, 6.07) is 17.3. The molecule has 3 aromatic carbocycles. The van der Waals surface area contributed by atoms with Gasteiger partial charge in [0.15, 0.2) is 0 Å². The number of likely N-dealkylation sites (N-methyl/N-ethyl adjacent to an activating group) is 1. The Labute approximate surface area is 217 Å². The van der Waals surface area contributed by atoms with Crippen LogP contribution in [-0.2, 0) is 26.2 Å². The minimum absolute atomic E-state index is 0.113. The molecule has 3 aromatic rings. The van der Waals surface area contributed by atoms with Crippen molar-refractivity contribution in [1.82, 2.24) is 10.2 Å². The Bertz CT molecular complexity index is 1370. The van der Waals surface area contributed by atoms with Gasteiger partial charge in [0.1, 0.15) is 6.04 Å². The molecule has 1 heterocycles. The second-order valence-electron chi connectivity index (χ2n) is 8.78. The number of benzene rings is 3. The molecule has 0 aliphatic carbocycles. The molecule has 2 amide bonds. The fraction of sp³-hybridized carbons (Fsp3) is 0.333. The predicted molar refractivity (Wildman–Crippen MR) is 142 cm³/mol. The van der Waals surface area contributed by atoms with Gasteiger partial charge in [-0.1, -0.05) is 54.9 Å². The smallest absolute Gasteiger partial charge is 0.265 e. The second-order valence-corrected chi connectivity index (χ2v) is 11.0. The molecule has 0 saturated heterocycles. The summed E-state index contributed by atoms with van der Waals surface area (Å²) in [5.74, 6) is -0.401. The van der Waals surface area contributed by atoms with E-state index in [1.807, 2.05) is 44.2 Å². The molecule has 36 heavy (non-hydrogen) atoms. The summed E-state index contributed by atoms with van der Waals surface area (Å²) in [5, 5.41) is 5.00. The number of nitrogens with zero attached hydrogens (tertiary/aromatic N) is 2. The van der Waals surface area contributed by atoms with Crippen molar-refractivity contribution >= 4 is 49.9 Å². The summed E-state index contributed by atoms with van der Waals surface area (Å²) >= 11 is 6.01. The Hall–Kier alpha value is -3.10. The van der Waals surface area contributed by atoms with Crippen LogP contribution in [0.15, 0.2) is 65.6 Å². The lowest BCUT2D eigenvalue weighted by Crippen LogP contribution is -2.49. The molecule has 190 valence electrons. The van der Waals surface area contributed by atoms with E-state index in [-0.39, 0.29) is 31.3 Å². The molecule has 0 fully saturated rings. The van der Waals surface area contributed by atoms with E-state index in [2.05, 4.69) is 5.32 Å². The Kier molecular flexibility index (Phi) is 7.85. The van der Waals surface area contributed by atoms with Gasteiger partial charge in [0.2, 0.25) is 11.8 Å². The monoisotopic (exact) mass is 527 g/mol. The summed E-state index contributed by atoms with van der Waals surface area (Å²) in [5.41, 5.74) is 1.50. The lowest BCUT2D eigenvalue weighted by Gasteiger charge is -2.31. The Morgan fingerprint density at radius 1 is 1.03 bits per heavy atom. The van der Waals surface area contributed by atoms with E-state index in [1.165, 1.54) is 4.31 Å². The largest absolute Gasteiger partial charge is 0.355 e. The van der Waals surface area contributed by atoms with E-state index >= 15 is 0 Å². The molecule has 1 aliphatic rings. The number of carbonyl (C=O) groups is 2. The lowest BCUT2D eigenvalue weighted by molar-refractivity contribution is -0.141. The molecule has 0 saturated carbocycles. The Morgan fingerprint density at radius 2 is 1.72 bits per heavy atom. The van der Waals surface area contributed by atoms with Gasteiger partial charge in [0.05, 0.1) is 10.6 Å². The summed E-state index contributed by atoms with van der Waals surface area (Å²) < 4.78 is 27.8. The molecule has 0 spiro atoms. The number of hydrogen-bond donors (Lipinski definition) is 1. The highest BCUT2D eigenvalue weighted by atomic mass is 35.5. The standard InChI is InChI=1S/C27H30ClN3O4S/c1-3-22(27(33)29-4-2)30(18-19-13-15-21(28)16-14-19)25(32)12-7-17-31-23-10-5-8-20-9-6-11-24(26(20)23)36(31,34)35/h5-6,8-11,13-16,22H,3-4,7,12,17-18H2,1-2H3,(H,29,33). The number of sulfonamides is 1. The van der Waals surface area contributed by atoms with E-state index < -0.39 is 16.1 Å². The summed E-state index contributed by atoms with van der Waals surface area (Å²) in [7, 11) is -3.68. The van der Waals surface area contributed by atoms with E-state index in [1.54, 1.807) is 35.2 Å². The number of rotatable bonds is 10. The molecule has 4 rings (SSSR count). The van der Waals surface area contributed by atoms with Crippen LogP contribution in [0, 0.1) is 0 Å². The third-order valence-electron chi connectivity index (χ3n) is 6.44. The molecular formula is C27H30ClN3O4S. The zero-order valence-electron chi connectivity index (χ0n) is 20.4. The van der Waals surface area contributed by atoms with Crippen molar-refractivity contribution in [2.24, 2.45) is 0 Å². The molecular weight excluding hydrogens is 498 g/mol. The van der Waals surface area contributed by atoms with Crippen LogP contribution < -0.4 is 9.62 Å². The molecule has 9 heteroatoms. The Balaban J connectivity index is 1.51. The molecule has 1 aliphatic heterocycles. The van der Waals surface area contributed by atoms with E-state index in [9.17, 15) is 18.0 Å². The fourth-order valence-corrected chi connectivity index (χ4v) is 6.59. The van der Waals surface area contributed by atoms with Gasteiger partial charge in [-0.2, -0.15) is 0 Å². The quantitative estimate of drug-likeness (QED) is 0.413. The molecule has 1 N–H and O–H groups in total. The van der Waals surface area contributed by atoms with Crippen LogP contribution in [-0.4, -0.2) is 44.3 Å². The maximum absolute atomic E-state index is 13.4. The van der Waals surface area contributed by atoms with Crippen LogP contribution in [0.4, 0.5) is 5.69 Å². The first-order chi connectivity index (χ1) is 17.3. The van der Waals surface area contributed by atoms with Crippen LogP contribution in [0.5, 0.6) is 0 Å². The van der Waals surface area contributed by atoms with E-state index in [4.69, 9.17) is 11.6 Å². The van der Waals surface area contributed by atoms with Gasteiger partial charge in [0, 0.05) is 36.5 Å². The number of carbonyl (C=O) groups excluding carboxylic acids is 2. The van der Waals surface area contributed by atoms with Gasteiger partial charge >= 0.3 is 0 Å². The highest BCUT2D eigenvalue weighted by Crippen LogP contribution is 2.42. The third-order valence-corrected chi connectivity index (χ3v) is 8.54. The summed E-state index contributed by atoms with van der Waals surface area (Å²) in [6.07, 6.45) is 0.899. The minimum atomic E-state index is -3.68. The lowest BCUT2D eigenvalue weighted by atomic mass is 10.1. The first-order valence-corrected chi connectivity index (χ1v) is 14.0. The van der Waals surface area contributed by atoms with Crippen LogP contribution >= 0.6 is 11.6 Å². The van der Waals surface area contributed by atoms with Crippen molar-refractivity contribution in [2.45, 2.75) is 50.6 Å². The van der Waals surface area contributed by atoms with Gasteiger partial charge in [-0.05, 0) is 55.0 Å². The predicted octanol–water partition coefficient (Wildman–Crippen LogP) is 4.73. The normalized spacial score (nSPS) is 14.6. The third kappa shape index (κ3) is 5.06. The number of nitrogens with one attached hydrogen (secondary N) is 1. The first-order valence-electron chi connectivity index (χ1n) is 12.1. The fourth-order valence-electron chi connectivity index (χ4n) is 4.71. The SMILES string of the molecule is CCNC(=O)C(CC)N(Cc1ccc(Cl)cc1)C(=O)CCCN1c2cccc3cccc(c23)S1(=O)=O. The highest BCUT2D eigenvalue weighted by molar-refractivity contribution is 7.93. The maximum atomic E-state index is 13.4. The van der Waals surface area contributed by atoms with Crippen molar-refractivity contribution in [3.05, 3.63) is 71.2 Å². The van der Waals surface area contributed by atoms with Crippen LogP contribution in [0.3, 0.4) is 0 Å². The van der Waals surface area contributed by atoms with Gasteiger partial charge in [0.25, 0.3) is 10.0 Å². The second kappa shape index (κ2) is 10.9. The number of anilines is 1. The van der Waals surface area contributed by atoms with Gasteiger partial charge < -0.3 is 10.2 Å². The Morgan fingerprint density at radius 3 is 2.39 bits per heavy atom. The minimum Gasteiger partial charge on any atom is -0.355 e. The number of amides is 2. The molecule has 0 radical (unpaired) electrons.